The van der Waals surface area contributed by atoms with Gasteiger partial charge in [-0.2, -0.15) is 5.26 Å². The van der Waals surface area contributed by atoms with Crippen LogP contribution in [0.1, 0.15) is 49.7 Å². The predicted octanol–water partition coefficient (Wildman–Crippen LogP) is 3.34. The van der Waals surface area contributed by atoms with Gasteiger partial charge in [-0.15, -0.1) is 0 Å². The molecule has 2 aliphatic rings. The summed E-state index contributed by atoms with van der Waals surface area (Å²) in [6, 6.07) is 9.85. The van der Waals surface area contributed by atoms with Gasteiger partial charge in [0.05, 0.1) is 11.6 Å². The lowest BCUT2D eigenvalue weighted by Gasteiger charge is -2.38. The Morgan fingerprint density at radius 3 is 2.88 bits per heavy atom. The van der Waals surface area contributed by atoms with Gasteiger partial charge >= 0.3 is 0 Å². The number of hydrogen-bond acceptors (Lipinski definition) is 3. The molecule has 1 aliphatic carbocycles. The van der Waals surface area contributed by atoms with Crippen molar-refractivity contribution >= 4 is 12.0 Å². The van der Waals surface area contributed by atoms with Crippen LogP contribution in [0, 0.1) is 17.2 Å². The number of rotatable bonds is 4. The van der Waals surface area contributed by atoms with Gasteiger partial charge in [-0.05, 0) is 30.0 Å². The van der Waals surface area contributed by atoms with E-state index >= 15 is 0 Å². The van der Waals surface area contributed by atoms with Gasteiger partial charge in [-0.25, -0.2) is 0 Å². The van der Waals surface area contributed by atoms with Gasteiger partial charge < -0.3 is 10.2 Å². The number of nitriles is 1. The molecule has 1 saturated heterocycles. The molecule has 1 heterocycles. The summed E-state index contributed by atoms with van der Waals surface area (Å²) in [4.78, 5) is 14.8. The Morgan fingerprint density at radius 2 is 2.08 bits per heavy atom. The molecule has 1 saturated carbocycles. The topological polar surface area (TPSA) is 56.1 Å². The van der Waals surface area contributed by atoms with Crippen molar-refractivity contribution in [2.24, 2.45) is 5.92 Å². The number of nitrogens with one attached hydrogen (secondary N) is 1. The van der Waals surface area contributed by atoms with Crippen molar-refractivity contribution in [3.63, 3.8) is 0 Å². The van der Waals surface area contributed by atoms with E-state index < -0.39 is 0 Å². The second kappa shape index (κ2) is 8.82. The molecule has 1 amide bonds. The summed E-state index contributed by atoms with van der Waals surface area (Å²) in [6.45, 7) is 2.51. The van der Waals surface area contributed by atoms with Crippen LogP contribution in [0.3, 0.4) is 0 Å². The lowest BCUT2D eigenvalue weighted by Crippen LogP contribution is -2.53. The van der Waals surface area contributed by atoms with E-state index in [4.69, 9.17) is 5.26 Å². The average molecular weight is 337 g/mol. The van der Waals surface area contributed by atoms with E-state index in [0.717, 1.165) is 37.5 Å². The minimum Gasteiger partial charge on any atom is -0.334 e. The molecule has 4 heteroatoms. The zero-order chi connectivity index (χ0) is 17.5. The van der Waals surface area contributed by atoms with Crippen LogP contribution < -0.4 is 5.32 Å². The fourth-order valence-electron chi connectivity index (χ4n) is 4.07. The van der Waals surface area contributed by atoms with Crippen molar-refractivity contribution in [1.82, 2.24) is 10.2 Å². The Bertz CT molecular complexity index is 655. The molecule has 0 bridgehead atoms. The molecule has 25 heavy (non-hydrogen) atoms. The Morgan fingerprint density at radius 1 is 1.28 bits per heavy atom. The molecular weight excluding hydrogens is 310 g/mol. The molecule has 1 N–H and O–H groups in total. The van der Waals surface area contributed by atoms with E-state index in [-0.39, 0.29) is 5.91 Å². The fraction of sp³-hybridized carbons (Fsp3) is 0.524. The van der Waals surface area contributed by atoms with Gasteiger partial charge in [0.25, 0.3) is 0 Å². The van der Waals surface area contributed by atoms with E-state index in [1.807, 2.05) is 23.1 Å². The number of nitrogens with zero attached hydrogens (tertiary/aromatic N) is 2. The van der Waals surface area contributed by atoms with Crippen LogP contribution in [0.25, 0.3) is 6.08 Å². The van der Waals surface area contributed by atoms with Crippen molar-refractivity contribution in [3.05, 3.63) is 41.5 Å². The highest BCUT2D eigenvalue weighted by Gasteiger charge is 2.28. The molecular formula is C21H27N3O. The number of hydrogen-bond donors (Lipinski definition) is 1. The minimum atomic E-state index is 0.0649. The number of piperazine rings is 1. The Kier molecular flexibility index (Phi) is 6.25. The van der Waals surface area contributed by atoms with E-state index in [2.05, 4.69) is 11.4 Å². The van der Waals surface area contributed by atoms with Crippen LogP contribution in [0.5, 0.6) is 0 Å². The lowest BCUT2D eigenvalue weighted by molar-refractivity contribution is -0.129. The van der Waals surface area contributed by atoms with Crippen molar-refractivity contribution in [2.45, 2.75) is 44.6 Å². The first-order valence-corrected chi connectivity index (χ1v) is 9.46. The molecule has 3 rings (SSSR count). The van der Waals surface area contributed by atoms with Crippen LogP contribution >= 0.6 is 0 Å². The van der Waals surface area contributed by atoms with Crippen molar-refractivity contribution < 1.29 is 4.79 Å². The van der Waals surface area contributed by atoms with E-state index in [1.165, 1.54) is 32.1 Å². The van der Waals surface area contributed by atoms with Crippen LogP contribution in [0.4, 0.5) is 0 Å². The average Bonchev–Trinajstić information content (AvgIpc) is 2.67. The third-order valence-electron chi connectivity index (χ3n) is 5.45. The molecule has 0 radical (unpaired) electrons. The summed E-state index contributed by atoms with van der Waals surface area (Å²) in [6.07, 6.45) is 11.2. The first-order chi connectivity index (χ1) is 12.3. The molecule has 2 fully saturated rings. The molecule has 1 atom stereocenters. The van der Waals surface area contributed by atoms with Crippen molar-refractivity contribution in [3.8, 4) is 6.07 Å². The summed E-state index contributed by atoms with van der Waals surface area (Å²) in [5, 5.41) is 12.6. The largest absolute Gasteiger partial charge is 0.334 e. The van der Waals surface area contributed by atoms with Crippen molar-refractivity contribution in [1.29, 1.82) is 5.26 Å². The van der Waals surface area contributed by atoms with Gasteiger partial charge in [-0.3, -0.25) is 4.79 Å². The second-order valence-corrected chi connectivity index (χ2v) is 7.16. The summed E-state index contributed by atoms with van der Waals surface area (Å²) < 4.78 is 0. The molecule has 132 valence electrons. The molecule has 1 aromatic carbocycles. The SMILES string of the molecule is N#Cc1ccccc1/C=C/C(=O)N1CCNCC1CC1CCCCC1. The summed E-state index contributed by atoms with van der Waals surface area (Å²) in [5.41, 5.74) is 1.41. The van der Waals surface area contributed by atoms with Gasteiger partial charge in [0.2, 0.25) is 5.91 Å². The molecule has 0 aromatic heterocycles. The van der Waals surface area contributed by atoms with Crippen molar-refractivity contribution in [2.75, 3.05) is 19.6 Å². The van der Waals surface area contributed by atoms with Crippen LogP contribution in [-0.4, -0.2) is 36.5 Å². The van der Waals surface area contributed by atoms with Gasteiger partial charge in [0.15, 0.2) is 0 Å². The molecule has 1 aromatic rings. The van der Waals surface area contributed by atoms with Gasteiger partial charge in [0.1, 0.15) is 0 Å². The monoisotopic (exact) mass is 337 g/mol. The van der Waals surface area contributed by atoms with Crippen LogP contribution in [0.2, 0.25) is 0 Å². The summed E-state index contributed by atoms with van der Waals surface area (Å²) in [7, 11) is 0. The zero-order valence-electron chi connectivity index (χ0n) is 14.8. The second-order valence-electron chi connectivity index (χ2n) is 7.16. The third-order valence-corrected chi connectivity index (χ3v) is 5.45. The van der Waals surface area contributed by atoms with Gasteiger partial charge in [0, 0.05) is 31.8 Å². The third kappa shape index (κ3) is 4.70. The van der Waals surface area contributed by atoms with E-state index in [0.29, 0.717) is 11.6 Å². The highest BCUT2D eigenvalue weighted by molar-refractivity contribution is 5.92. The Balaban J connectivity index is 1.66. The maximum Gasteiger partial charge on any atom is 0.246 e. The predicted molar refractivity (Wildman–Crippen MR) is 99.8 cm³/mol. The highest BCUT2D eigenvalue weighted by Crippen LogP contribution is 2.29. The number of amides is 1. The highest BCUT2D eigenvalue weighted by atomic mass is 16.2. The fourth-order valence-corrected chi connectivity index (χ4v) is 4.07. The number of carbonyl (C=O) groups excluding carboxylic acids is 1. The molecule has 1 aliphatic heterocycles. The lowest BCUT2D eigenvalue weighted by atomic mass is 9.84. The van der Waals surface area contributed by atoms with E-state index in [9.17, 15) is 4.79 Å². The van der Waals surface area contributed by atoms with E-state index in [1.54, 1.807) is 18.2 Å². The van der Waals surface area contributed by atoms with Crippen LogP contribution in [-0.2, 0) is 4.79 Å². The Hall–Kier alpha value is -2.12. The quantitative estimate of drug-likeness (QED) is 0.857. The maximum atomic E-state index is 12.8. The minimum absolute atomic E-state index is 0.0649. The van der Waals surface area contributed by atoms with Gasteiger partial charge in [-0.1, -0.05) is 50.3 Å². The number of carbonyl (C=O) groups is 1. The first-order valence-electron chi connectivity index (χ1n) is 9.46. The normalized spacial score (nSPS) is 22.0. The Labute approximate surface area is 150 Å². The molecule has 4 nitrogen and oxygen atoms in total. The maximum absolute atomic E-state index is 12.8. The summed E-state index contributed by atoms with van der Waals surface area (Å²) >= 11 is 0. The smallest absolute Gasteiger partial charge is 0.246 e. The zero-order valence-corrected chi connectivity index (χ0v) is 14.8. The first kappa shape index (κ1) is 17.7. The molecule has 1 unspecified atom stereocenters. The number of benzene rings is 1. The van der Waals surface area contributed by atoms with Crippen LogP contribution in [0.15, 0.2) is 30.3 Å². The standard InChI is InChI=1S/C21H27N3O/c22-15-19-9-5-4-8-18(19)10-11-21(25)24-13-12-23-16-20(24)14-17-6-2-1-3-7-17/h4-5,8-11,17,20,23H,1-3,6-7,12-14,16H2/b11-10+. The molecule has 0 spiro atoms. The summed E-state index contributed by atoms with van der Waals surface area (Å²) in [5.74, 6) is 0.826.